The Bertz CT molecular complexity index is 1040. The van der Waals surface area contributed by atoms with Gasteiger partial charge in [0.05, 0.1) is 6.26 Å². The third kappa shape index (κ3) is 3.73. The number of rotatable bonds is 5. The van der Waals surface area contributed by atoms with Gasteiger partial charge in [-0.1, -0.05) is 18.2 Å². The van der Waals surface area contributed by atoms with Gasteiger partial charge in [0.25, 0.3) is 5.91 Å². The predicted octanol–water partition coefficient (Wildman–Crippen LogP) is 4.86. The molecule has 4 rings (SSSR count). The Hall–Kier alpha value is -3.21. The molecule has 1 atom stereocenters. The minimum Gasteiger partial charge on any atom is -0.459 e. The van der Waals surface area contributed by atoms with E-state index >= 15 is 0 Å². The van der Waals surface area contributed by atoms with Crippen molar-refractivity contribution in [2.75, 3.05) is 29.2 Å². The van der Waals surface area contributed by atoms with Crippen LogP contribution in [0.3, 0.4) is 0 Å². The summed E-state index contributed by atoms with van der Waals surface area (Å²) < 4.78 is 5.58. The number of furan rings is 1. The van der Waals surface area contributed by atoms with Gasteiger partial charge in [-0.15, -0.1) is 0 Å². The number of anilines is 3. The van der Waals surface area contributed by atoms with E-state index in [0.29, 0.717) is 18.3 Å². The zero-order chi connectivity index (χ0) is 20.5. The molecule has 0 aliphatic carbocycles. The maximum absolute atomic E-state index is 12.9. The summed E-state index contributed by atoms with van der Waals surface area (Å²) in [6, 6.07) is 16.7. The molecule has 1 aliphatic heterocycles. The normalized spacial score (nSPS) is 15.3. The first-order valence-electron chi connectivity index (χ1n) is 9.94. The van der Waals surface area contributed by atoms with E-state index < -0.39 is 0 Å². The summed E-state index contributed by atoms with van der Waals surface area (Å²) in [7, 11) is 4.01. The number of benzene rings is 2. The number of hydrogen-bond acceptors (Lipinski definition) is 4. The second-order valence-electron chi connectivity index (χ2n) is 7.93. The highest BCUT2D eigenvalue weighted by Gasteiger charge is 2.27. The smallest absolute Gasteiger partial charge is 0.291 e. The van der Waals surface area contributed by atoms with Gasteiger partial charge in [-0.25, -0.2) is 0 Å². The molecule has 5 nitrogen and oxygen atoms in total. The summed E-state index contributed by atoms with van der Waals surface area (Å²) in [6.07, 6.45) is 2.62. The Balaban J connectivity index is 1.52. The lowest BCUT2D eigenvalue weighted by Crippen LogP contribution is -2.29. The number of para-hydroxylation sites is 1. The van der Waals surface area contributed by atoms with Gasteiger partial charge in [0, 0.05) is 49.3 Å². The number of carbonyl (C=O) groups excluding carboxylic acids is 1. The van der Waals surface area contributed by atoms with E-state index in [4.69, 9.17) is 4.42 Å². The Morgan fingerprint density at radius 2 is 2.00 bits per heavy atom. The molecule has 1 N–H and O–H groups in total. The van der Waals surface area contributed by atoms with Crippen LogP contribution in [-0.2, 0) is 13.0 Å². The molecule has 29 heavy (non-hydrogen) atoms. The monoisotopic (exact) mass is 389 g/mol. The van der Waals surface area contributed by atoms with Gasteiger partial charge in [0.2, 0.25) is 0 Å². The van der Waals surface area contributed by atoms with Crippen molar-refractivity contribution in [3.63, 3.8) is 0 Å². The van der Waals surface area contributed by atoms with Crippen molar-refractivity contribution >= 4 is 23.0 Å². The second-order valence-corrected chi connectivity index (χ2v) is 7.93. The average Bonchev–Trinajstić information content (AvgIpc) is 3.26. The number of nitrogens with zero attached hydrogens (tertiary/aromatic N) is 2. The minimum absolute atomic E-state index is 0.220. The molecule has 0 radical (unpaired) electrons. The topological polar surface area (TPSA) is 48.7 Å². The largest absolute Gasteiger partial charge is 0.459 e. The van der Waals surface area contributed by atoms with Crippen LogP contribution in [0.5, 0.6) is 0 Å². The van der Waals surface area contributed by atoms with Gasteiger partial charge in [0.15, 0.2) is 5.76 Å². The Morgan fingerprint density at radius 3 is 2.76 bits per heavy atom. The lowest BCUT2D eigenvalue weighted by atomic mass is 10.1. The van der Waals surface area contributed by atoms with Crippen LogP contribution in [0.15, 0.2) is 59.2 Å². The molecule has 2 aromatic carbocycles. The molecule has 1 aromatic heterocycles. The number of hydrogen-bond donors (Lipinski definition) is 1. The molecular formula is C24H27N3O2. The van der Waals surface area contributed by atoms with Crippen molar-refractivity contribution in [1.82, 2.24) is 0 Å². The molecule has 0 fully saturated rings. The molecular weight excluding hydrogens is 362 g/mol. The molecule has 150 valence electrons. The first kappa shape index (κ1) is 19.1. The molecule has 0 saturated heterocycles. The zero-order valence-corrected chi connectivity index (χ0v) is 17.4. The fourth-order valence-electron chi connectivity index (χ4n) is 4.14. The lowest BCUT2D eigenvalue weighted by molar-refractivity contribution is 0.0995. The summed E-state index contributed by atoms with van der Waals surface area (Å²) in [6.45, 7) is 4.90. The molecule has 0 spiro atoms. The van der Waals surface area contributed by atoms with E-state index in [0.717, 1.165) is 28.9 Å². The maximum Gasteiger partial charge on any atom is 0.291 e. The van der Waals surface area contributed by atoms with E-state index in [-0.39, 0.29) is 5.91 Å². The average molecular weight is 389 g/mol. The van der Waals surface area contributed by atoms with Crippen LogP contribution >= 0.6 is 0 Å². The Morgan fingerprint density at radius 1 is 1.21 bits per heavy atom. The van der Waals surface area contributed by atoms with Gasteiger partial charge in [0.1, 0.15) is 0 Å². The third-order valence-electron chi connectivity index (χ3n) is 5.58. The highest BCUT2D eigenvalue weighted by Crippen LogP contribution is 2.33. The fraction of sp³-hybridized carbons (Fsp3) is 0.292. The predicted molar refractivity (Wildman–Crippen MR) is 118 cm³/mol. The molecule has 1 unspecified atom stereocenters. The van der Waals surface area contributed by atoms with Gasteiger partial charge < -0.3 is 19.5 Å². The van der Waals surface area contributed by atoms with E-state index in [2.05, 4.69) is 46.3 Å². The standard InChI is InChI=1S/C24H27N3O2/c1-16-13-20(9-10-21(16)26(3)4)25-24(28)23-19(11-12-29-23)15-27-17(2)14-18-7-5-6-8-22(18)27/h5-13,17H,14-15H2,1-4H3,(H,25,28). The third-order valence-corrected chi connectivity index (χ3v) is 5.58. The van der Waals surface area contributed by atoms with E-state index in [1.807, 2.05) is 45.3 Å². The molecule has 2 heterocycles. The number of aryl methyl sites for hydroxylation is 1. The van der Waals surface area contributed by atoms with Crippen molar-refractivity contribution in [3.8, 4) is 0 Å². The van der Waals surface area contributed by atoms with E-state index in [1.54, 1.807) is 6.26 Å². The SMILES string of the molecule is Cc1cc(NC(=O)c2occc2CN2c3ccccc3CC2C)ccc1N(C)C. The molecule has 1 amide bonds. The molecule has 0 saturated carbocycles. The number of nitrogens with one attached hydrogen (secondary N) is 1. The van der Waals surface area contributed by atoms with Crippen molar-refractivity contribution in [3.05, 3.63) is 77.2 Å². The highest BCUT2D eigenvalue weighted by molar-refractivity contribution is 6.03. The summed E-state index contributed by atoms with van der Waals surface area (Å²) in [4.78, 5) is 17.3. The van der Waals surface area contributed by atoms with Crippen LogP contribution in [0, 0.1) is 6.92 Å². The number of amides is 1. The van der Waals surface area contributed by atoms with Crippen LogP contribution < -0.4 is 15.1 Å². The van der Waals surface area contributed by atoms with Crippen LogP contribution in [-0.4, -0.2) is 26.0 Å². The first-order chi connectivity index (χ1) is 13.9. The quantitative estimate of drug-likeness (QED) is 0.677. The van der Waals surface area contributed by atoms with Gasteiger partial charge >= 0.3 is 0 Å². The Kier molecular flexibility index (Phi) is 5.05. The number of carbonyl (C=O) groups is 1. The lowest BCUT2D eigenvalue weighted by Gasteiger charge is -2.24. The molecule has 5 heteroatoms. The second kappa shape index (κ2) is 7.66. The van der Waals surface area contributed by atoms with Crippen LogP contribution in [0.1, 0.15) is 34.2 Å². The summed E-state index contributed by atoms with van der Waals surface area (Å²) >= 11 is 0. The van der Waals surface area contributed by atoms with Gasteiger partial charge in [-0.2, -0.15) is 0 Å². The highest BCUT2D eigenvalue weighted by atomic mass is 16.3. The fourth-order valence-corrected chi connectivity index (χ4v) is 4.14. The maximum atomic E-state index is 12.9. The summed E-state index contributed by atoms with van der Waals surface area (Å²) in [5, 5.41) is 2.98. The summed E-state index contributed by atoms with van der Waals surface area (Å²) in [5.74, 6) is 0.151. The van der Waals surface area contributed by atoms with Crippen molar-refractivity contribution < 1.29 is 9.21 Å². The van der Waals surface area contributed by atoms with Crippen molar-refractivity contribution in [2.45, 2.75) is 32.9 Å². The van der Waals surface area contributed by atoms with Crippen molar-refractivity contribution in [1.29, 1.82) is 0 Å². The number of fused-ring (bicyclic) bond motifs is 1. The van der Waals surface area contributed by atoms with E-state index in [9.17, 15) is 4.79 Å². The van der Waals surface area contributed by atoms with Gasteiger partial charge in [-0.3, -0.25) is 4.79 Å². The van der Waals surface area contributed by atoms with Crippen LogP contribution in [0.4, 0.5) is 17.1 Å². The Labute approximate surface area is 171 Å². The minimum atomic E-state index is -0.220. The summed E-state index contributed by atoms with van der Waals surface area (Å²) in [5.41, 5.74) is 6.49. The first-order valence-corrected chi connectivity index (χ1v) is 9.94. The molecule has 1 aliphatic rings. The zero-order valence-electron chi connectivity index (χ0n) is 17.4. The van der Waals surface area contributed by atoms with Crippen LogP contribution in [0.25, 0.3) is 0 Å². The van der Waals surface area contributed by atoms with Crippen molar-refractivity contribution in [2.24, 2.45) is 0 Å². The van der Waals surface area contributed by atoms with E-state index in [1.165, 1.54) is 11.3 Å². The van der Waals surface area contributed by atoms with Crippen LogP contribution in [0.2, 0.25) is 0 Å². The molecule has 3 aromatic rings. The van der Waals surface area contributed by atoms with Gasteiger partial charge in [-0.05, 0) is 61.7 Å². The molecule has 0 bridgehead atoms.